The van der Waals surface area contributed by atoms with E-state index in [9.17, 15) is 4.79 Å². The van der Waals surface area contributed by atoms with Crippen molar-refractivity contribution in [3.05, 3.63) is 0 Å². The molecule has 0 aromatic heterocycles. The number of nitrogens with zero attached hydrogens (tertiary/aromatic N) is 1. The first-order valence-electron chi connectivity index (χ1n) is 4.92. The van der Waals surface area contributed by atoms with E-state index in [1.807, 2.05) is 0 Å². The summed E-state index contributed by atoms with van der Waals surface area (Å²) in [4.78, 5) is 13.2. The van der Waals surface area contributed by atoms with Gasteiger partial charge < -0.3 is 15.2 Å². The van der Waals surface area contributed by atoms with E-state index in [4.69, 9.17) is 15.2 Å². The second kappa shape index (κ2) is 7.87. The molecule has 1 unspecified atom stereocenters. The largest absolute Gasteiger partial charge is 0.463 e. The molecule has 6 heteroatoms. The molecule has 90 valence electrons. The van der Waals surface area contributed by atoms with Gasteiger partial charge >= 0.3 is 5.97 Å². The molecule has 0 radical (unpaired) electrons. The van der Waals surface area contributed by atoms with E-state index in [1.54, 1.807) is 6.92 Å². The normalized spacial score (nSPS) is 19.1. The zero-order valence-electron chi connectivity index (χ0n) is 8.98. The quantitative estimate of drug-likeness (QED) is 0.678. The first-order chi connectivity index (χ1) is 6.70. The van der Waals surface area contributed by atoms with Crippen LogP contribution in [0.3, 0.4) is 0 Å². The molecule has 1 aliphatic rings. The van der Waals surface area contributed by atoms with E-state index in [2.05, 4.69) is 4.90 Å². The lowest BCUT2D eigenvalue weighted by Crippen LogP contribution is -2.39. The van der Waals surface area contributed by atoms with Crippen LogP contribution in [0.15, 0.2) is 0 Å². The summed E-state index contributed by atoms with van der Waals surface area (Å²) in [7, 11) is 0. The Bertz CT molecular complexity index is 184. The van der Waals surface area contributed by atoms with Gasteiger partial charge in [-0.15, -0.1) is 12.4 Å². The molecule has 0 spiro atoms. The van der Waals surface area contributed by atoms with Crippen LogP contribution in [0.1, 0.15) is 6.92 Å². The molecule has 2 N–H and O–H groups in total. The second-order valence-electron chi connectivity index (χ2n) is 3.41. The minimum Gasteiger partial charge on any atom is -0.463 e. The number of carbonyl (C=O) groups is 1. The van der Waals surface area contributed by atoms with Crippen molar-refractivity contribution in [3.63, 3.8) is 0 Å². The lowest BCUT2D eigenvalue weighted by molar-refractivity contribution is -0.145. The molecule has 0 amide bonds. The summed E-state index contributed by atoms with van der Waals surface area (Å²) in [5.41, 5.74) is 5.35. The highest BCUT2D eigenvalue weighted by molar-refractivity contribution is 5.85. The van der Waals surface area contributed by atoms with Crippen LogP contribution in [0.5, 0.6) is 0 Å². The number of esters is 1. The summed E-state index contributed by atoms with van der Waals surface area (Å²) in [6, 6.07) is -0.528. The first kappa shape index (κ1) is 14.6. The number of morpholine rings is 1. The van der Waals surface area contributed by atoms with Crippen molar-refractivity contribution in [2.45, 2.75) is 13.0 Å². The molecule has 1 atom stereocenters. The van der Waals surface area contributed by atoms with Gasteiger partial charge in [-0.3, -0.25) is 9.69 Å². The van der Waals surface area contributed by atoms with Crippen molar-refractivity contribution in [2.24, 2.45) is 5.73 Å². The molecule has 1 saturated heterocycles. The lowest BCUT2D eigenvalue weighted by Gasteiger charge is -2.26. The van der Waals surface area contributed by atoms with Gasteiger partial charge in [0.15, 0.2) is 0 Å². The average molecular weight is 239 g/mol. The van der Waals surface area contributed by atoms with E-state index in [0.29, 0.717) is 6.61 Å². The Morgan fingerprint density at radius 3 is 2.67 bits per heavy atom. The second-order valence-corrected chi connectivity index (χ2v) is 3.41. The molecule has 1 rings (SSSR count). The van der Waals surface area contributed by atoms with Crippen molar-refractivity contribution in [3.8, 4) is 0 Å². The molecule has 1 fully saturated rings. The van der Waals surface area contributed by atoms with Crippen LogP contribution < -0.4 is 5.73 Å². The lowest BCUT2D eigenvalue weighted by atomic mass is 10.4. The highest BCUT2D eigenvalue weighted by Crippen LogP contribution is 1.96. The molecule has 0 aromatic rings. The number of carbonyl (C=O) groups excluding carboxylic acids is 1. The molecule has 0 saturated carbocycles. The SMILES string of the molecule is CC(N)C(=O)OCCN1CCOCC1.Cl. The molecular formula is C9H19ClN2O3. The van der Waals surface area contributed by atoms with E-state index < -0.39 is 6.04 Å². The van der Waals surface area contributed by atoms with E-state index in [0.717, 1.165) is 32.8 Å². The van der Waals surface area contributed by atoms with Crippen molar-refractivity contribution >= 4 is 18.4 Å². The Balaban J connectivity index is 0.00000196. The van der Waals surface area contributed by atoms with Crippen LogP contribution in [-0.4, -0.2) is 56.4 Å². The third kappa shape index (κ3) is 5.94. The number of hydrogen-bond donors (Lipinski definition) is 1. The number of hydrogen-bond acceptors (Lipinski definition) is 5. The maximum absolute atomic E-state index is 11.0. The fraction of sp³-hybridized carbons (Fsp3) is 0.889. The minimum atomic E-state index is -0.528. The standard InChI is InChI=1S/C9H18N2O3.ClH/c1-8(10)9(12)14-7-4-11-2-5-13-6-3-11;/h8H,2-7,10H2,1H3;1H. The fourth-order valence-corrected chi connectivity index (χ4v) is 1.23. The first-order valence-corrected chi connectivity index (χ1v) is 4.92. The van der Waals surface area contributed by atoms with Crippen LogP contribution >= 0.6 is 12.4 Å². The van der Waals surface area contributed by atoms with Gasteiger partial charge in [0.25, 0.3) is 0 Å². The van der Waals surface area contributed by atoms with Crippen LogP contribution in [0.4, 0.5) is 0 Å². The smallest absolute Gasteiger partial charge is 0.322 e. The topological polar surface area (TPSA) is 64.8 Å². The predicted molar refractivity (Wildman–Crippen MR) is 59.1 cm³/mol. The number of rotatable bonds is 4. The van der Waals surface area contributed by atoms with Gasteiger partial charge in [0, 0.05) is 19.6 Å². The zero-order valence-corrected chi connectivity index (χ0v) is 9.79. The molecule has 5 nitrogen and oxygen atoms in total. The van der Waals surface area contributed by atoms with Crippen molar-refractivity contribution < 1.29 is 14.3 Å². The van der Waals surface area contributed by atoms with Gasteiger partial charge in [-0.1, -0.05) is 0 Å². The predicted octanol–water partition coefficient (Wildman–Crippen LogP) is -0.369. The Kier molecular flexibility index (Phi) is 7.68. The van der Waals surface area contributed by atoms with Crippen molar-refractivity contribution in [1.82, 2.24) is 4.90 Å². The van der Waals surface area contributed by atoms with Crippen LogP contribution in [-0.2, 0) is 14.3 Å². The van der Waals surface area contributed by atoms with Crippen molar-refractivity contribution in [1.29, 1.82) is 0 Å². The van der Waals surface area contributed by atoms with Gasteiger partial charge in [-0.05, 0) is 6.92 Å². The highest BCUT2D eigenvalue weighted by atomic mass is 35.5. The summed E-state index contributed by atoms with van der Waals surface area (Å²) >= 11 is 0. The monoisotopic (exact) mass is 238 g/mol. The summed E-state index contributed by atoms with van der Waals surface area (Å²) in [5.74, 6) is -0.335. The Morgan fingerprint density at radius 2 is 2.13 bits per heavy atom. The third-order valence-corrected chi connectivity index (χ3v) is 2.13. The van der Waals surface area contributed by atoms with Crippen LogP contribution in [0.2, 0.25) is 0 Å². The number of ether oxygens (including phenoxy) is 2. The molecule has 15 heavy (non-hydrogen) atoms. The maximum atomic E-state index is 11.0. The number of nitrogens with two attached hydrogens (primary N) is 1. The highest BCUT2D eigenvalue weighted by Gasteiger charge is 2.12. The molecule has 1 aliphatic heterocycles. The van der Waals surface area contributed by atoms with Crippen LogP contribution in [0.25, 0.3) is 0 Å². The van der Waals surface area contributed by atoms with E-state index in [1.165, 1.54) is 0 Å². The summed E-state index contributed by atoms with van der Waals surface area (Å²) < 4.78 is 10.2. The fourth-order valence-electron chi connectivity index (χ4n) is 1.23. The molecule has 0 aromatic carbocycles. The Morgan fingerprint density at radius 1 is 1.53 bits per heavy atom. The zero-order chi connectivity index (χ0) is 10.4. The van der Waals surface area contributed by atoms with Gasteiger partial charge in [0.2, 0.25) is 0 Å². The summed E-state index contributed by atoms with van der Waals surface area (Å²) in [6.07, 6.45) is 0. The van der Waals surface area contributed by atoms with Crippen molar-refractivity contribution in [2.75, 3.05) is 39.5 Å². The Labute approximate surface area is 96.3 Å². The van der Waals surface area contributed by atoms with Gasteiger partial charge in [0.1, 0.15) is 12.6 Å². The maximum Gasteiger partial charge on any atom is 0.322 e. The molecule has 1 heterocycles. The average Bonchev–Trinajstić information content (AvgIpc) is 2.19. The molecule has 0 aliphatic carbocycles. The van der Waals surface area contributed by atoms with Gasteiger partial charge in [-0.2, -0.15) is 0 Å². The van der Waals surface area contributed by atoms with Crippen LogP contribution in [0, 0.1) is 0 Å². The Hall–Kier alpha value is -0.360. The molecule has 0 bridgehead atoms. The summed E-state index contributed by atoms with van der Waals surface area (Å²) in [5, 5.41) is 0. The van der Waals surface area contributed by atoms with E-state index >= 15 is 0 Å². The van der Waals surface area contributed by atoms with E-state index in [-0.39, 0.29) is 18.4 Å². The third-order valence-electron chi connectivity index (χ3n) is 2.13. The number of halogens is 1. The van der Waals surface area contributed by atoms with Gasteiger partial charge in [0.05, 0.1) is 13.2 Å². The molecular weight excluding hydrogens is 220 g/mol. The summed E-state index contributed by atoms with van der Waals surface area (Å²) in [6.45, 7) is 6.16. The van der Waals surface area contributed by atoms with Gasteiger partial charge in [-0.25, -0.2) is 0 Å². The minimum absolute atomic E-state index is 0.